The molecule has 0 amide bonds. The normalized spacial score (nSPS) is 24.7. The van der Waals surface area contributed by atoms with Gasteiger partial charge >= 0.3 is 0 Å². The molecule has 10 heavy (non-hydrogen) atoms. The minimum Gasteiger partial charge on any atom is -0.366 e. The number of rotatable bonds is 2. The fraction of sp³-hybridized carbons (Fsp3) is 0.778. The zero-order chi connectivity index (χ0) is 7.23. The van der Waals surface area contributed by atoms with Gasteiger partial charge in [-0.15, -0.1) is 5.92 Å². The lowest BCUT2D eigenvalue weighted by Gasteiger charge is -2.07. The molecule has 0 radical (unpaired) electrons. The third-order valence-electron chi connectivity index (χ3n) is 1.65. The minimum absolute atomic E-state index is 0.229. The van der Waals surface area contributed by atoms with E-state index < -0.39 is 0 Å². The van der Waals surface area contributed by atoms with Crippen molar-refractivity contribution in [2.24, 2.45) is 0 Å². The van der Waals surface area contributed by atoms with E-state index in [1.807, 2.05) is 6.92 Å². The highest BCUT2D eigenvalue weighted by Gasteiger charge is 2.05. The Morgan fingerprint density at radius 2 is 2.40 bits per heavy atom. The van der Waals surface area contributed by atoms with Crippen molar-refractivity contribution in [3.63, 3.8) is 0 Å². The van der Waals surface area contributed by atoms with E-state index >= 15 is 0 Å². The van der Waals surface area contributed by atoms with E-state index in [1.54, 1.807) is 0 Å². The lowest BCUT2D eigenvalue weighted by atomic mass is 10.2. The molecular formula is C9H14O. The number of hydrogen-bond acceptors (Lipinski definition) is 1. The molecule has 0 saturated heterocycles. The van der Waals surface area contributed by atoms with E-state index in [0.717, 1.165) is 19.4 Å². The average molecular weight is 138 g/mol. The zero-order valence-corrected chi connectivity index (χ0v) is 6.52. The van der Waals surface area contributed by atoms with Gasteiger partial charge in [0, 0.05) is 13.0 Å². The third kappa shape index (κ3) is 2.41. The molecule has 0 saturated carbocycles. The van der Waals surface area contributed by atoms with Crippen molar-refractivity contribution in [3.8, 4) is 11.8 Å². The highest BCUT2D eigenvalue weighted by molar-refractivity contribution is 5.06. The molecule has 1 aliphatic carbocycles. The van der Waals surface area contributed by atoms with E-state index in [-0.39, 0.29) is 6.10 Å². The maximum Gasteiger partial charge on any atom is 0.118 e. The minimum atomic E-state index is 0.229. The first-order valence-electron chi connectivity index (χ1n) is 4.03. The van der Waals surface area contributed by atoms with Crippen LogP contribution in [0.4, 0.5) is 0 Å². The van der Waals surface area contributed by atoms with E-state index in [4.69, 9.17) is 4.74 Å². The Hall–Kier alpha value is -0.480. The van der Waals surface area contributed by atoms with Gasteiger partial charge in [-0.3, -0.25) is 0 Å². The predicted octanol–water partition coefficient (Wildman–Crippen LogP) is 1.97. The van der Waals surface area contributed by atoms with Crippen LogP contribution >= 0.6 is 0 Å². The summed E-state index contributed by atoms with van der Waals surface area (Å²) >= 11 is 0. The molecule has 0 N–H and O–H groups in total. The summed E-state index contributed by atoms with van der Waals surface area (Å²) in [6.07, 6.45) is 4.92. The standard InChI is InChI=1S/C9H14O/c1-2-10-9-7-5-3-4-6-8-9/h9H,2-5,7H2,1H3. The first-order chi connectivity index (χ1) is 4.93. The Morgan fingerprint density at radius 1 is 1.50 bits per heavy atom. The highest BCUT2D eigenvalue weighted by atomic mass is 16.5. The molecule has 1 nitrogen and oxygen atoms in total. The van der Waals surface area contributed by atoms with Gasteiger partial charge in [-0.05, 0) is 26.2 Å². The van der Waals surface area contributed by atoms with Crippen molar-refractivity contribution in [2.45, 2.75) is 38.7 Å². The molecule has 1 heteroatoms. The number of hydrogen-bond donors (Lipinski definition) is 0. The molecule has 0 aromatic rings. The summed E-state index contributed by atoms with van der Waals surface area (Å²) in [6.45, 7) is 2.81. The van der Waals surface area contributed by atoms with Crippen molar-refractivity contribution in [3.05, 3.63) is 0 Å². The summed E-state index contributed by atoms with van der Waals surface area (Å²) in [5, 5.41) is 0. The maximum atomic E-state index is 5.39. The van der Waals surface area contributed by atoms with Crippen LogP contribution in [0.5, 0.6) is 0 Å². The van der Waals surface area contributed by atoms with Crippen molar-refractivity contribution in [2.75, 3.05) is 6.61 Å². The molecule has 0 fully saturated rings. The molecular weight excluding hydrogens is 124 g/mol. The molecule has 1 unspecified atom stereocenters. The second-order valence-electron chi connectivity index (χ2n) is 2.51. The Morgan fingerprint density at radius 3 is 3.20 bits per heavy atom. The van der Waals surface area contributed by atoms with Crippen LogP contribution in [0.3, 0.4) is 0 Å². The molecule has 56 valence electrons. The Bertz CT molecular complexity index is 141. The van der Waals surface area contributed by atoms with Crippen LogP contribution in [-0.4, -0.2) is 12.7 Å². The summed E-state index contributed by atoms with van der Waals surface area (Å²) < 4.78 is 5.39. The van der Waals surface area contributed by atoms with Gasteiger partial charge in [0.2, 0.25) is 0 Å². The molecule has 0 aromatic heterocycles. The van der Waals surface area contributed by atoms with E-state index in [0.29, 0.717) is 0 Å². The summed E-state index contributed by atoms with van der Waals surface area (Å²) in [5.41, 5.74) is 0. The van der Waals surface area contributed by atoms with Crippen LogP contribution in [-0.2, 0) is 4.74 Å². The Labute approximate surface area is 62.8 Å². The van der Waals surface area contributed by atoms with Crippen molar-refractivity contribution < 1.29 is 4.74 Å². The van der Waals surface area contributed by atoms with Gasteiger partial charge in [0.25, 0.3) is 0 Å². The van der Waals surface area contributed by atoms with Crippen molar-refractivity contribution >= 4 is 0 Å². The van der Waals surface area contributed by atoms with Crippen LogP contribution in [0, 0.1) is 11.8 Å². The monoisotopic (exact) mass is 138 g/mol. The van der Waals surface area contributed by atoms with Crippen molar-refractivity contribution in [1.29, 1.82) is 0 Å². The maximum absolute atomic E-state index is 5.39. The molecule has 0 aromatic carbocycles. The van der Waals surface area contributed by atoms with Gasteiger partial charge in [-0.25, -0.2) is 0 Å². The third-order valence-corrected chi connectivity index (χ3v) is 1.65. The van der Waals surface area contributed by atoms with E-state index in [2.05, 4.69) is 11.8 Å². The van der Waals surface area contributed by atoms with Crippen LogP contribution in [0.25, 0.3) is 0 Å². The van der Waals surface area contributed by atoms with Gasteiger partial charge in [0.1, 0.15) is 6.10 Å². The van der Waals surface area contributed by atoms with Crippen LogP contribution < -0.4 is 0 Å². The second kappa shape index (κ2) is 4.35. The molecule has 1 rings (SSSR count). The van der Waals surface area contributed by atoms with Gasteiger partial charge in [0.05, 0.1) is 0 Å². The van der Waals surface area contributed by atoms with Crippen molar-refractivity contribution in [1.82, 2.24) is 0 Å². The summed E-state index contributed by atoms with van der Waals surface area (Å²) in [4.78, 5) is 0. The topological polar surface area (TPSA) is 9.23 Å². The predicted molar refractivity (Wildman–Crippen MR) is 41.7 cm³/mol. The quantitative estimate of drug-likeness (QED) is 0.530. The van der Waals surface area contributed by atoms with Gasteiger partial charge < -0.3 is 4.74 Å². The highest BCUT2D eigenvalue weighted by Crippen LogP contribution is 2.09. The van der Waals surface area contributed by atoms with E-state index in [9.17, 15) is 0 Å². The summed E-state index contributed by atoms with van der Waals surface area (Å²) in [6, 6.07) is 0. The van der Waals surface area contributed by atoms with Crippen LogP contribution in [0.2, 0.25) is 0 Å². The lowest BCUT2D eigenvalue weighted by Crippen LogP contribution is -2.08. The van der Waals surface area contributed by atoms with Gasteiger partial charge in [-0.1, -0.05) is 5.92 Å². The fourth-order valence-electron chi connectivity index (χ4n) is 1.13. The zero-order valence-electron chi connectivity index (χ0n) is 6.52. The Balaban J connectivity index is 2.31. The number of ether oxygens (including phenoxy) is 1. The average Bonchev–Trinajstić information content (AvgIpc) is 2.17. The second-order valence-corrected chi connectivity index (χ2v) is 2.51. The first kappa shape index (κ1) is 7.63. The fourth-order valence-corrected chi connectivity index (χ4v) is 1.13. The molecule has 0 heterocycles. The van der Waals surface area contributed by atoms with Crippen LogP contribution in [0.15, 0.2) is 0 Å². The Kier molecular flexibility index (Phi) is 3.32. The molecule has 0 aliphatic heterocycles. The van der Waals surface area contributed by atoms with Crippen LogP contribution in [0.1, 0.15) is 32.6 Å². The largest absolute Gasteiger partial charge is 0.366 e. The summed E-state index contributed by atoms with van der Waals surface area (Å²) in [7, 11) is 0. The smallest absolute Gasteiger partial charge is 0.118 e. The van der Waals surface area contributed by atoms with E-state index in [1.165, 1.54) is 12.8 Å². The summed E-state index contributed by atoms with van der Waals surface area (Å²) in [5.74, 6) is 6.22. The van der Waals surface area contributed by atoms with Gasteiger partial charge in [0.15, 0.2) is 0 Å². The lowest BCUT2D eigenvalue weighted by molar-refractivity contribution is 0.0959. The first-order valence-corrected chi connectivity index (χ1v) is 4.03. The molecule has 0 bridgehead atoms. The molecule has 1 atom stereocenters. The molecule has 0 spiro atoms. The molecule has 1 aliphatic rings. The SMILES string of the molecule is CCOC1C#CCCCC1. The van der Waals surface area contributed by atoms with Gasteiger partial charge in [-0.2, -0.15) is 0 Å².